The van der Waals surface area contributed by atoms with Crippen LogP contribution in [0.5, 0.6) is 0 Å². The minimum absolute atomic E-state index is 0.0819. The fourth-order valence-corrected chi connectivity index (χ4v) is 2.42. The Morgan fingerprint density at radius 1 is 1.50 bits per heavy atom. The van der Waals surface area contributed by atoms with E-state index in [2.05, 4.69) is 34.5 Å². The lowest BCUT2D eigenvalue weighted by molar-refractivity contribution is 0.0942. The van der Waals surface area contributed by atoms with E-state index in [0.29, 0.717) is 11.6 Å². The van der Waals surface area contributed by atoms with Gasteiger partial charge in [0, 0.05) is 19.6 Å². The second-order valence-electron chi connectivity index (χ2n) is 5.49. The quantitative estimate of drug-likeness (QED) is 0.828. The SMILES string of the molecule is CCCNc1ccc(C(=O)NCC2CCN(C)C2)nc1. The van der Waals surface area contributed by atoms with Gasteiger partial charge in [0.1, 0.15) is 5.69 Å². The van der Waals surface area contributed by atoms with Crippen LogP contribution >= 0.6 is 0 Å². The van der Waals surface area contributed by atoms with Gasteiger partial charge >= 0.3 is 0 Å². The Balaban J connectivity index is 1.80. The molecule has 0 aromatic carbocycles. The Labute approximate surface area is 120 Å². The normalized spacial score (nSPS) is 19.0. The van der Waals surface area contributed by atoms with Crippen molar-refractivity contribution in [3.05, 3.63) is 24.0 Å². The van der Waals surface area contributed by atoms with E-state index < -0.39 is 0 Å². The highest BCUT2D eigenvalue weighted by molar-refractivity contribution is 5.92. The summed E-state index contributed by atoms with van der Waals surface area (Å²) in [4.78, 5) is 18.5. The summed E-state index contributed by atoms with van der Waals surface area (Å²) in [6.45, 7) is 5.95. The molecule has 20 heavy (non-hydrogen) atoms. The van der Waals surface area contributed by atoms with Gasteiger partial charge in [-0.1, -0.05) is 6.92 Å². The van der Waals surface area contributed by atoms with Crippen LogP contribution in [0.2, 0.25) is 0 Å². The van der Waals surface area contributed by atoms with E-state index in [1.165, 1.54) is 0 Å². The van der Waals surface area contributed by atoms with Crippen molar-refractivity contribution in [2.24, 2.45) is 5.92 Å². The van der Waals surface area contributed by atoms with Crippen molar-refractivity contribution in [3.63, 3.8) is 0 Å². The zero-order chi connectivity index (χ0) is 14.4. The van der Waals surface area contributed by atoms with Gasteiger partial charge < -0.3 is 15.5 Å². The number of likely N-dealkylation sites (tertiary alicyclic amines) is 1. The number of hydrogen-bond donors (Lipinski definition) is 2. The summed E-state index contributed by atoms with van der Waals surface area (Å²) in [7, 11) is 2.12. The summed E-state index contributed by atoms with van der Waals surface area (Å²) >= 11 is 0. The highest BCUT2D eigenvalue weighted by Crippen LogP contribution is 2.13. The first-order valence-corrected chi connectivity index (χ1v) is 7.35. The van der Waals surface area contributed by atoms with Gasteiger partial charge in [-0.3, -0.25) is 4.79 Å². The molecule has 2 rings (SSSR count). The monoisotopic (exact) mass is 276 g/mol. The number of amides is 1. The van der Waals surface area contributed by atoms with Gasteiger partial charge in [0.15, 0.2) is 0 Å². The van der Waals surface area contributed by atoms with Gasteiger partial charge in [-0.15, -0.1) is 0 Å². The lowest BCUT2D eigenvalue weighted by atomic mass is 10.1. The molecule has 1 aromatic rings. The maximum atomic E-state index is 12.0. The lowest BCUT2D eigenvalue weighted by Gasteiger charge is -2.11. The number of anilines is 1. The van der Waals surface area contributed by atoms with Crippen molar-refractivity contribution in [2.45, 2.75) is 19.8 Å². The first-order valence-electron chi connectivity index (χ1n) is 7.35. The lowest BCUT2D eigenvalue weighted by Crippen LogP contribution is -2.31. The maximum absolute atomic E-state index is 12.0. The van der Waals surface area contributed by atoms with Crippen LogP contribution in [-0.4, -0.2) is 49.0 Å². The van der Waals surface area contributed by atoms with Crippen LogP contribution in [0, 0.1) is 5.92 Å². The topological polar surface area (TPSA) is 57.3 Å². The van der Waals surface area contributed by atoms with Crippen molar-refractivity contribution in [2.75, 3.05) is 38.5 Å². The third-order valence-electron chi connectivity index (χ3n) is 3.62. The molecule has 0 bridgehead atoms. The minimum Gasteiger partial charge on any atom is -0.384 e. The predicted molar refractivity (Wildman–Crippen MR) is 81.0 cm³/mol. The molecule has 110 valence electrons. The molecule has 5 nitrogen and oxygen atoms in total. The Morgan fingerprint density at radius 2 is 2.35 bits per heavy atom. The molecule has 1 amide bonds. The molecule has 2 N–H and O–H groups in total. The Bertz CT molecular complexity index is 432. The van der Waals surface area contributed by atoms with Crippen molar-refractivity contribution in [1.29, 1.82) is 0 Å². The van der Waals surface area contributed by atoms with Gasteiger partial charge in [-0.2, -0.15) is 0 Å². The zero-order valence-electron chi connectivity index (χ0n) is 12.4. The molecule has 0 aliphatic carbocycles. The van der Waals surface area contributed by atoms with E-state index in [-0.39, 0.29) is 5.91 Å². The van der Waals surface area contributed by atoms with Crippen LogP contribution in [0.25, 0.3) is 0 Å². The number of hydrogen-bond acceptors (Lipinski definition) is 4. The second-order valence-corrected chi connectivity index (χ2v) is 5.49. The number of pyridine rings is 1. The van der Waals surface area contributed by atoms with Crippen LogP contribution in [0.15, 0.2) is 18.3 Å². The molecule has 1 aromatic heterocycles. The van der Waals surface area contributed by atoms with Crippen molar-refractivity contribution >= 4 is 11.6 Å². The number of nitrogens with one attached hydrogen (secondary N) is 2. The van der Waals surface area contributed by atoms with Gasteiger partial charge in [-0.05, 0) is 44.5 Å². The number of carbonyl (C=O) groups excluding carboxylic acids is 1. The molecule has 1 aliphatic rings. The molecule has 1 aliphatic heterocycles. The molecule has 1 unspecified atom stereocenters. The molecule has 1 atom stereocenters. The highest BCUT2D eigenvalue weighted by atomic mass is 16.1. The summed E-state index contributed by atoms with van der Waals surface area (Å²) in [5, 5.41) is 6.22. The average molecular weight is 276 g/mol. The molecule has 1 fully saturated rings. The van der Waals surface area contributed by atoms with Gasteiger partial charge in [0.25, 0.3) is 5.91 Å². The third kappa shape index (κ3) is 4.20. The molecule has 5 heteroatoms. The van der Waals surface area contributed by atoms with Crippen LogP contribution in [0.4, 0.5) is 5.69 Å². The summed E-state index contributed by atoms with van der Waals surface area (Å²) in [5.74, 6) is 0.482. The van der Waals surface area contributed by atoms with E-state index in [9.17, 15) is 4.79 Å². The van der Waals surface area contributed by atoms with Crippen molar-refractivity contribution in [3.8, 4) is 0 Å². The Morgan fingerprint density at radius 3 is 2.95 bits per heavy atom. The highest BCUT2D eigenvalue weighted by Gasteiger charge is 2.20. The van der Waals surface area contributed by atoms with Gasteiger partial charge in [-0.25, -0.2) is 4.98 Å². The largest absolute Gasteiger partial charge is 0.384 e. The second kappa shape index (κ2) is 7.24. The van der Waals surface area contributed by atoms with Crippen molar-refractivity contribution in [1.82, 2.24) is 15.2 Å². The summed E-state index contributed by atoms with van der Waals surface area (Å²) in [6.07, 6.45) is 3.94. The Kier molecular flexibility index (Phi) is 5.35. The first-order chi connectivity index (χ1) is 9.69. The standard InChI is InChI=1S/C15H24N4O/c1-3-7-16-13-4-5-14(17-10-13)15(20)18-9-12-6-8-19(2)11-12/h4-5,10,12,16H,3,6-9,11H2,1-2H3,(H,18,20). The Hall–Kier alpha value is -1.62. The smallest absolute Gasteiger partial charge is 0.269 e. The first kappa shape index (κ1) is 14.8. The van der Waals surface area contributed by atoms with E-state index in [1.807, 2.05) is 6.07 Å². The minimum atomic E-state index is -0.0819. The summed E-state index contributed by atoms with van der Waals surface area (Å²) in [6, 6.07) is 3.68. The van der Waals surface area contributed by atoms with Crippen LogP contribution in [0.3, 0.4) is 0 Å². The molecular weight excluding hydrogens is 252 g/mol. The third-order valence-corrected chi connectivity index (χ3v) is 3.62. The van der Waals surface area contributed by atoms with Gasteiger partial charge in [0.2, 0.25) is 0 Å². The number of carbonyl (C=O) groups is 1. The fourth-order valence-electron chi connectivity index (χ4n) is 2.42. The van der Waals surface area contributed by atoms with Crippen LogP contribution in [-0.2, 0) is 0 Å². The number of nitrogens with zero attached hydrogens (tertiary/aromatic N) is 2. The molecule has 0 radical (unpaired) electrons. The summed E-state index contributed by atoms with van der Waals surface area (Å²) in [5.41, 5.74) is 1.44. The van der Waals surface area contributed by atoms with Crippen LogP contribution in [0.1, 0.15) is 30.3 Å². The van der Waals surface area contributed by atoms with E-state index in [4.69, 9.17) is 0 Å². The predicted octanol–water partition coefficient (Wildman–Crippen LogP) is 1.58. The molecule has 2 heterocycles. The number of aromatic nitrogens is 1. The fraction of sp³-hybridized carbons (Fsp3) is 0.600. The zero-order valence-corrected chi connectivity index (χ0v) is 12.4. The number of rotatable bonds is 6. The molecule has 1 saturated heterocycles. The molecule has 0 saturated carbocycles. The van der Waals surface area contributed by atoms with E-state index in [1.54, 1.807) is 12.3 Å². The average Bonchev–Trinajstić information content (AvgIpc) is 2.89. The molecular formula is C15H24N4O. The van der Waals surface area contributed by atoms with E-state index >= 15 is 0 Å². The maximum Gasteiger partial charge on any atom is 0.269 e. The van der Waals surface area contributed by atoms with Gasteiger partial charge in [0.05, 0.1) is 11.9 Å². The molecule has 0 spiro atoms. The van der Waals surface area contributed by atoms with Crippen LogP contribution < -0.4 is 10.6 Å². The summed E-state index contributed by atoms with van der Waals surface area (Å²) < 4.78 is 0. The van der Waals surface area contributed by atoms with E-state index in [0.717, 1.165) is 44.7 Å². The van der Waals surface area contributed by atoms with Crippen molar-refractivity contribution < 1.29 is 4.79 Å².